The number of rotatable bonds is 4. The van der Waals surface area contributed by atoms with Gasteiger partial charge in [-0.3, -0.25) is 4.79 Å². The van der Waals surface area contributed by atoms with E-state index in [1.165, 1.54) is 0 Å². The van der Waals surface area contributed by atoms with Crippen molar-refractivity contribution in [2.45, 2.75) is 33.6 Å². The van der Waals surface area contributed by atoms with Gasteiger partial charge in [0.25, 0.3) is 5.91 Å². The fourth-order valence-electron chi connectivity index (χ4n) is 3.00. The van der Waals surface area contributed by atoms with Crippen molar-refractivity contribution in [3.05, 3.63) is 63.9 Å². The second-order valence-corrected chi connectivity index (χ2v) is 6.19. The number of halogens is 1. The van der Waals surface area contributed by atoms with Crippen LogP contribution in [0, 0.1) is 6.92 Å². The fourth-order valence-corrected chi connectivity index (χ4v) is 3.21. The molecule has 0 aliphatic carbocycles. The molecule has 1 N–H and O–H groups in total. The van der Waals surface area contributed by atoms with Gasteiger partial charge in [-0.1, -0.05) is 55.8 Å². The summed E-state index contributed by atoms with van der Waals surface area (Å²) < 4.78 is 5.77. The molecule has 0 atom stereocenters. The summed E-state index contributed by atoms with van der Waals surface area (Å²) in [6, 6.07) is 11.6. The van der Waals surface area contributed by atoms with Crippen LogP contribution in [-0.4, -0.2) is 5.91 Å². The highest BCUT2D eigenvalue weighted by molar-refractivity contribution is 6.35. The molecule has 0 bridgehead atoms. The number of amides is 1. The lowest BCUT2D eigenvalue weighted by Crippen LogP contribution is -2.15. The van der Waals surface area contributed by atoms with Gasteiger partial charge in [0.05, 0.1) is 5.02 Å². The Morgan fingerprint density at radius 3 is 2.29 bits per heavy atom. The van der Waals surface area contributed by atoms with Crippen molar-refractivity contribution >= 4 is 34.2 Å². The molecule has 0 radical (unpaired) electrons. The summed E-state index contributed by atoms with van der Waals surface area (Å²) in [6.45, 7) is 6.04. The van der Waals surface area contributed by atoms with Crippen LogP contribution < -0.4 is 5.32 Å². The Hall–Kier alpha value is -2.26. The van der Waals surface area contributed by atoms with E-state index in [2.05, 4.69) is 19.2 Å². The van der Waals surface area contributed by atoms with Crippen LogP contribution in [0.3, 0.4) is 0 Å². The van der Waals surface area contributed by atoms with Crippen molar-refractivity contribution < 1.29 is 9.21 Å². The van der Waals surface area contributed by atoms with Crippen LogP contribution in [0.25, 0.3) is 11.0 Å². The number of furan rings is 1. The Bertz CT molecular complexity index is 889. The van der Waals surface area contributed by atoms with Crippen molar-refractivity contribution in [2.75, 3.05) is 5.32 Å². The van der Waals surface area contributed by atoms with Crippen molar-refractivity contribution in [1.82, 2.24) is 0 Å². The third kappa shape index (κ3) is 2.80. The first-order valence-corrected chi connectivity index (χ1v) is 8.54. The maximum atomic E-state index is 12.8. The molecule has 4 heteroatoms. The molecule has 0 unspecified atom stereocenters. The van der Waals surface area contributed by atoms with Gasteiger partial charge in [-0.2, -0.15) is 0 Å². The van der Waals surface area contributed by atoms with Gasteiger partial charge in [-0.25, -0.2) is 0 Å². The van der Waals surface area contributed by atoms with Gasteiger partial charge in [0.2, 0.25) is 0 Å². The highest BCUT2D eigenvalue weighted by Crippen LogP contribution is 2.31. The van der Waals surface area contributed by atoms with Gasteiger partial charge in [0, 0.05) is 16.6 Å². The van der Waals surface area contributed by atoms with Crippen LogP contribution in [0.4, 0.5) is 5.69 Å². The Morgan fingerprint density at radius 1 is 1.08 bits per heavy atom. The van der Waals surface area contributed by atoms with Crippen molar-refractivity contribution in [3.8, 4) is 0 Å². The van der Waals surface area contributed by atoms with Crippen LogP contribution >= 0.6 is 11.6 Å². The van der Waals surface area contributed by atoms with E-state index in [1.54, 1.807) is 6.07 Å². The first-order valence-electron chi connectivity index (χ1n) is 8.16. The van der Waals surface area contributed by atoms with Crippen LogP contribution in [0.5, 0.6) is 0 Å². The number of anilines is 1. The van der Waals surface area contributed by atoms with Gasteiger partial charge < -0.3 is 9.73 Å². The number of nitrogens with one attached hydrogen (secondary N) is 1. The molecule has 1 amide bonds. The van der Waals surface area contributed by atoms with E-state index in [0.29, 0.717) is 16.4 Å². The summed E-state index contributed by atoms with van der Waals surface area (Å²) in [7, 11) is 0. The van der Waals surface area contributed by atoms with E-state index in [-0.39, 0.29) is 5.91 Å². The van der Waals surface area contributed by atoms with Gasteiger partial charge >= 0.3 is 0 Å². The van der Waals surface area contributed by atoms with E-state index in [9.17, 15) is 4.79 Å². The molecule has 3 aromatic rings. The molecular formula is C20H20ClNO2. The van der Waals surface area contributed by atoms with Crippen LogP contribution in [0.15, 0.2) is 40.8 Å². The predicted molar refractivity (Wildman–Crippen MR) is 99.1 cm³/mol. The third-order valence-electron chi connectivity index (χ3n) is 4.36. The normalized spacial score (nSPS) is 11.0. The SMILES string of the molecule is CCc1cccc(CC)c1NC(=O)c1oc2c(Cl)cccc2c1C. The summed E-state index contributed by atoms with van der Waals surface area (Å²) in [5, 5.41) is 4.42. The van der Waals surface area contributed by atoms with Gasteiger partial charge in [0.1, 0.15) is 0 Å². The molecule has 0 fully saturated rings. The number of hydrogen-bond donors (Lipinski definition) is 1. The lowest BCUT2D eigenvalue weighted by atomic mass is 10.0. The van der Waals surface area contributed by atoms with E-state index in [0.717, 1.165) is 40.6 Å². The minimum atomic E-state index is -0.240. The maximum absolute atomic E-state index is 12.8. The molecule has 24 heavy (non-hydrogen) atoms. The molecule has 3 nitrogen and oxygen atoms in total. The van der Waals surface area contributed by atoms with Crippen LogP contribution in [0.1, 0.15) is 41.1 Å². The van der Waals surface area contributed by atoms with E-state index in [4.69, 9.17) is 16.0 Å². The average Bonchev–Trinajstić information content (AvgIpc) is 2.93. The maximum Gasteiger partial charge on any atom is 0.291 e. The van der Waals surface area contributed by atoms with E-state index in [1.807, 2.05) is 37.3 Å². The number of hydrogen-bond acceptors (Lipinski definition) is 2. The molecule has 0 spiro atoms. The molecule has 3 rings (SSSR count). The zero-order valence-electron chi connectivity index (χ0n) is 14.1. The zero-order chi connectivity index (χ0) is 17.3. The lowest BCUT2D eigenvalue weighted by molar-refractivity contribution is 0.0997. The summed E-state index contributed by atoms with van der Waals surface area (Å²) in [5.41, 5.74) is 4.49. The summed E-state index contributed by atoms with van der Waals surface area (Å²) in [6.07, 6.45) is 1.71. The lowest BCUT2D eigenvalue weighted by Gasteiger charge is -2.13. The first-order chi connectivity index (χ1) is 11.6. The highest BCUT2D eigenvalue weighted by atomic mass is 35.5. The standard InChI is InChI=1S/C20H20ClNO2/c1-4-13-8-6-9-14(5-2)17(13)22-20(23)18-12(3)15-10-7-11-16(21)19(15)24-18/h6-11H,4-5H2,1-3H3,(H,22,23). The summed E-state index contributed by atoms with van der Waals surface area (Å²) in [5.74, 6) is 0.0708. The van der Waals surface area contributed by atoms with E-state index < -0.39 is 0 Å². The second kappa shape index (κ2) is 6.70. The molecule has 1 heterocycles. The van der Waals surface area contributed by atoms with Gasteiger partial charge in [0.15, 0.2) is 11.3 Å². The largest absolute Gasteiger partial charge is 0.449 e. The molecular weight excluding hydrogens is 322 g/mol. The average molecular weight is 342 g/mol. The summed E-state index contributed by atoms with van der Waals surface area (Å²) >= 11 is 6.18. The third-order valence-corrected chi connectivity index (χ3v) is 4.66. The van der Waals surface area contributed by atoms with Gasteiger partial charge in [-0.15, -0.1) is 0 Å². The van der Waals surface area contributed by atoms with Crippen molar-refractivity contribution in [1.29, 1.82) is 0 Å². The number of carbonyl (C=O) groups is 1. The number of aryl methyl sites for hydroxylation is 3. The zero-order valence-corrected chi connectivity index (χ0v) is 14.8. The Kier molecular flexibility index (Phi) is 4.63. The number of benzene rings is 2. The molecule has 0 saturated carbocycles. The topological polar surface area (TPSA) is 42.2 Å². The second-order valence-electron chi connectivity index (χ2n) is 5.79. The first kappa shape index (κ1) is 16.6. The Morgan fingerprint density at radius 2 is 1.71 bits per heavy atom. The minimum absolute atomic E-state index is 0.240. The smallest absolute Gasteiger partial charge is 0.291 e. The minimum Gasteiger partial charge on any atom is -0.449 e. The fraction of sp³-hybridized carbons (Fsp3) is 0.250. The van der Waals surface area contributed by atoms with Crippen LogP contribution in [-0.2, 0) is 12.8 Å². The predicted octanol–water partition coefficient (Wildman–Crippen LogP) is 5.77. The van der Waals surface area contributed by atoms with Crippen LogP contribution in [0.2, 0.25) is 5.02 Å². The molecule has 2 aromatic carbocycles. The molecule has 0 aliphatic heterocycles. The Balaban J connectivity index is 2.03. The molecule has 0 saturated heterocycles. The van der Waals surface area contributed by atoms with Crippen molar-refractivity contribution in [3.63, 3.8) is 0 Å². The highest BCUT2D eigenvalue weighted by Gasteiger charge is 2.20. The van der Waals surface area contributed by atoms with Gasteiger partial charge in [-0.05, 0) is 37.0 Å². The van der Waals surface area contributed by atoms with E-state index >= 15 is 0 Å². The summed E-state index contributed by atoms with van der Waals surface area (Å²) in [4.78, 5) is 12.8. The number of para-hydroxylation sites is 2. The molecule has 1 aromatic heterocycles. The van der Waals surface area contributed by atoms with Crippen molar-refractivity contribution in [2.24, 2.45) is 0 Å². The quantitative estimate of drug-likeness (QED) is 0.654. The molecule has 124 valence electrons. The monoisotopic (exact) mass is 341 g/mol. The number of fused-ring (bicyclic) bond motifs is 1. The molecule has 0 aliphatic rings. The number of carbonyl (C=O) groups excluding carboxylic acids is 1. The Labute approximate surface area is 146 Å².